The minimum atomic E-state index is -1.51. The fourth-order valence-electron chi connectivity index (χ4n) is 7.28. The molecule has 2 N–H and O–H groups in total. The van der Waals surface area contributed by atoms with Crippen LogP contribution in [0.3, 0.4) is 0 Å². The van der Waals surface area contributed by atoms with E-state index in [4.69, 9.17) is 4.98 Å². The average molecular weight is 629 g/mol. The van der Waals surface area contributed by atoms with Gasteiger partial charge >= 0.3 is 5.97 Å². The van der Waals surface area contributed by atoms with Crippen molar-refractivity contribution in [3.8, 4) is 11.3 Å². The third-order valence-corrected chi connectivity index (χ3v) is 9.99. The number of carbonyl (C=O) groups is 2. The Balaban J connectivity index is 1.28. The summed E-state index contributed by atoms with van der Waals surface area (Å²) in [7, 11) is 0. The van der Waals surface area contributed by atoms with E-state index in [0.717, 1.165) is 48.8 Å². The number of likely N-dealkylation sites (tertiary alicyclic amines) is 1. The molecule has 2 aliphatic heterocycles. The highest BCUT2D eigenvalue weighted by Crippen LogP contribution is 2.48. The average Bonchev–Trinajstić information content (AvgIpc) is 3.51. The summed E-state index contributed by atoms with van der Waals surface area (Å²) in [4.78, 5) is 39.5. The van der Waals surface area contributed by atoms with Gasteiger partial charge in [-0.2, -0.15) is 0 Å². The smallest absolute Gasteiger partial charge is 0.338 e. The number of nitrogens with zero attached hydrogens (tertiary/aromatic N) is 5. The number of benzene rings is 2. The number of aromatic carboxylic acids is 1. The Hall–Kier alpha value is -4.38. The second kappa shape index (κ2) is 11.2. The number of rotatable bonds is 7. The third kappa shape index (κ3) is 4.92. The first-order valence-corrected chi connectivity index (χ1v) is 16.0. The number of anilines is 3. The highest BCUT2D eigenvalue weighted by molar-refractivity contribution is 6.09. The lowest BCUT2D eigenvalue weighted by Gasteiger charge is -2.48. The first kappa shape index (κ1) is 30.3. The Labute approximate surface area is 266 Å². The predicted octanol–water partition coefficient (Wildman–Crippen LogP) is 7.04. The van der Waals surface area contributed by atoms with Gasteiger partial charge in [0.25, 0.3) is 0 Å². The Morgan fingerprint density at radius 3 is 2.46 bits per heavy atom. The minimum absolute atomic E-state index is 0.0103. The van der Waals surface area contributed by atoms with Gasteiger partial charge in [0.05, 0.1) is 34.2 Å². The number of piperidine rings is 1. The number of pyridine rings is 1. The number of aromatic nitrogens is 3. The number of carbonyl (C=O) groups excluding carboxylic acids is 1. The van der Waals surface area contributed by atoms with E-state index in [9.17, 15) is 23.5 Å². The zero-order valence-corrected chi connectivity index (χ0v) is 26.5. The Bertz CT molecular complexity index is 1870. The predicted molar refractivity (Wildman–Crippen MR) is 173 cm³/mol. The number of imidazole rings is 1. The van der Waals surface area contributed by atoms with Gasteiger partial charge in [0.1, 0.15) is 17.2 Å². The number of fused-ring (bicyclic) bond motifs is 2. The van der Waals surface area contributed by atoms with Crippen LogP contribution in [0.2, 0.25) is 0 Å². The lowest BCUT2D eigenvalue weighted by molar-refractivity contribution is -0.123. The van der Waals surface area contributed by atoms with E-state index < -0.39 is 28.6 Å². The SMILES string of the molecule is CC(C)n1cnc2cc(-c3ccc4c(c3)N([C@H]3C[C@@H](N5CCCCC5)C3)C(=O)C4(C)C)nc(Nc3cc(C(=O)O)c(F)cc3F)c21. The normalized spacial score (nSPS) is 21.1. The van der Waals surface area contributed by atoms with Crippen molar-refractivity contribution in [2.24, 2.45) is 0 Å². The van der Waals surface area contributed by atoms with Crippen LogP contribution in [0.15, 0.2) is 42.7 Å². The summed E-state index contributed by atoms with van der Waals surface area (Å²) in [6.07, 6.45) is 7.35. The Morgan fingerprint density at radius 1 is 1.02 bits per heavy atom. The van der Waals surface area contributed by atoms with Gasteiger partial charge in [0.2, 0.25) is 5.91 Å². The molecule has 2 fully saturated rings. The first-order chi connectivity index (χ1) is 21.9. The third-order valence-electron chi connectivity index (χ3n) is 9.99. The van der Waals surface area contributed by atoms with Crippen molar-refractivity contribution in [2.75, 3.05) is 23.3 Å². The van der Waals surface area contributed by atoms with Crippen molar-refractivity contribution in [3.05, 3.63) is 65.5 Å². The molecule has 4 heterocycles. The van der Waals surface area contributed by atoms with Crippen LogP contribution in [0.5, 0.6) is 0 Å². The van der Waals surface area contributed by atoms with Crippen molar-refractivity contribution in [3.63, 3.8) is 0 Å². The molecule has 240 valence electrons. The van der Waals surface area contributed by atoms with Crippen molar-refractivity contribution < 1.29 is 23.5 Å². The summed E-state index contributed by atoms with van der Waals surface area (Å²) in [6.45, 7) is 10.2. The molecule has 1 saturated carbocycles. The lowest BCUT2D eigenvalue weighted by atomic mass is 9.82. The molecule has 4 aromatic rings. The molecule has 2 aromatic heterocycles. The van der Waals surface area contributed by atoms with Gasteiger partial charge < -0.3 is 24.8 Å². The van der Waals surface area contributed by atoms with E-state index in [1.165, 1.54) is 19.3 Å². The van der Waals surface area contributed by atoms with Crippen molar-refractivity contribution in [1.29, 1.82) is 0 Å². The first-order valence-electron chi connectivity index (χ1n) is 16.0. The number of hydrogen-bond donors (Lipinski definition) is 2. The number of halogens is 2. The molecule has 2 aromatic carbocycles. The molecule has 3 aliphatic rings. The lowest BCUT2D eigenvalue weighted by Crippen LogP contribution is -2.57. The molecule has 0 atom stereocenters. The Kier molecular flexibility index (Phi) is 7.34. The van der Waals surface area contributed by atoms with Gasteiger partial charge in [0.15, 0.2) is 5.82 Å². The molecular weight excluding hydrogens is 590 g/mol. The maximum Gasteiger partial charge on any atom is 0.338 e. The summed E-state index contributed by atoms with van der Waals surface area (Å²) >= 11 is 0. The highest BCUT2D eigenvalue weighted by atomic mass is 19.1. The van der Waals surface area contributed by atoms with Crippen LogP contribution in [0.1, 0.15) is 81.8 Å². The fraction of sp³-hybridized carbons (Fsp3) is 0.429. The molecule has 7 rings (SSSR count). The number of hydrogen-bond acceptors (Lipinski definition) is 6. The van der Waals surface area contributed by atoms with E-state index >= 15 is 0 Å². The van der Waals surface area contributed by atoms with Crippen molar-refractivity contribution >= 4 is 40.1 Å². The van der Waals surface area contributed by atoms with Gasteiger partial charge in [-0.1, -0.05) is 18.6 Å². The number of nitrogens with one attached hydrogen (secondary N) is 1. The maximum atomic E-state index is 15.0. The molecule has 9 nitrogen and oxygen atoms in total. The molecule has 0 spiro atoms. The van der Waals surface area contributed by atoms with Crippen molar-refractivity contribution in [1.82, 2.24) is 19.4 Å². The van der Waals surface area contributed by atoms with E-state index in [2.05, 4.69) is 15.2 Å². The van der Waals surface area contributed by atoms with Gasteiger partial charge in [-0.25, -0.2) is 23.5 Å². The second-order valence-corrected chi connectivity index (χ2v) is 13.6. The van der Waals surface area contributed by atoms with Crippen LogP contribution in [-0.4, -0.2) is 61.6 Å². The standard InChI is InChI=1S/C35H38F2N6O3/c1-19(2)42-18-38-29-17-27(39-32(31(29)42)40-28-15-23(33(44)45)25(36)16-26(28)37)20-8-9-24-30(12-20)43(34(46)35(24,3)4)22-13-21(14-22)41-10-6-5-7-11-41/h8-9,12,15-19,21-22H,5-7,10-11,13-14H2,1-4H3,(H,39,40)(H,44,45)/t21-,22+. The number of amides is 1. The van der Waals surface area contributed by atoms with Gasteiger partial charge in [-0.15, -0.1) is 0 Å². The Morgan fingerprint density at radius 2 is 1.76 bits per heavy atom. The topological polar surface area (TPSA) is 104 Å². The molecule has 11 heteroatoms. The monoisotopic (exact) mass is 628 g/mol. The molecule has 0 unspecified atom stereocenters. The zero-order chi connectivity index (χ0) is 32.5. The summed E-state index contributed by atoms with van der Waals surface area (Å²) in [5.74, 6) is -3.27. The van der Waals surface area contributed by atoms with Gasteiger partial charge in [-0.3, -0.25) is 4.79 Å². The molecular formula is C35H38F2N6O3. The molecule has 0 bridgehead atoms. The summed E-state index contributed by atoms with van der Waals surface area (Å²) in [5, 5.41) is 12.4. The van der Waals surface area contributed by atoms with Crippen LogP contribution in [0.4, 0.5) is 26.0 Å². The summed E-state index contributed by atoms with van der Waals surface area (Å²) in [5.41, 5.74) is 2.82. The van der Waals surface area contributed by atoms with Crippen LogP contribution in [0.25, 0.3) is 22.3 Å². The zero-order valence-electron chi connectivity index (χ0n) is 26.5. The van der Waals surface area contributed by atoms with Crippen LogP contribution in [0, 0.1) is 11.6 Å². The van der Waals surface area contributed by atoms with E-state index in [0.29, 0.717) is 28.8 Å². The molecule has 1 saturated heterocycles. The molecule has 46 heavy (non-hydrogen) atoms. The van der Waals surface area contributed by atoms with E-state index in [-0.39, 0.29) is 29.5 Å². The minimum Gasteiger partial charge on any atom is -0.478 e. The van der Waals surface area contributed by atoms with Crippen molar-refractivity contribution in [2.45, 2.75) is 83.3 Å². The number of carboxylic acids is 1. The van der Waals surface area contributed by atoms with Gasteiger partial charge in [-0.05, 0) is 90.2 Å². The van der Waals surface area contributed by atoms with E-state index in [1.54, 1.807) is 6.33 Å². The second-order valence-electron chi connectivity index (χ2n) is 13.6. The fourth-order valence-corrected chi connectivity index (χ4v) is 7.28. The van der Waals surface area contributed by atoms with Crippen LogP contribution >= 0.6 is 0 Å². The quantitative estimate of drug-likeness (QED) is 0.226. The molecule has 1 amide bonds. The summed E-state index contributed by atoms with van der Waals surface area (Å²) in [6, 6.07) is 9.91. The molecule has 1 aliphatic carbocycles. The molecule has 0 radical (unpaired) electrons. The highest BCUT2D eigenvalue weighted by Gasteiger charge is 2.50. The summed E-state index contributed by atoms with van der Waals surface area (Å²) < 4.78 is 31.0. The maximum absolute atomic E-state index is 15.0. The largest absolute Gasteiger partial charge is 0.478 e. The van der Waals surface area contributed by atoms with E-state index in [1.807, 2.05) is 61.4 Å². The van der Waals surface area contributed by atoms with Crippen LogP contribution in [-0.2, 0) is 10.2 Å². The van der Waals surface area contributed by atoms with Crippen LogP contribution < -0.4 is 10.2 Å². The van der Waals surface area contributed by atoms with Gasteiger partial charge in [0, 0.05) is 35.4 Å². The number of carboxylic acid groups (broad SMARTS) is 1.